The summed E-state index contributed by atoms with van der Waals surface area (Å²) in [5.74, 6) is 0. The van der Waals surface area contributed by atoms with Crippen molar-refractivity contribution in [3.05, 3.63) is 0 Å². The van der Waals surface area contributed by atoms with Crippen molar-refractivity contribution in [1.29, 1.82) is 0 Å². The summed E-state index contributed by atoms with van der Waals surface area (Å²) in [6.07, 6.45) is 10.7. The van der Waals surface area contributed by atoms with Crippen LogP contribution in [0.15, 0.2) is 0 Å². The van der Waals surface area contributed by atoms with E-state index >= 15 is 0 Å². The SMILES string of the molecule is CN(CCCC(C)(C)C)CCCC(C)(C)P(C)CCCNCCNCCCC(C)(C)C. The predicted molar refractivity (Wildman–Crippen MR) is 146 cm³/mol. The zero-order chi connectivity index (χ0) is 24.0. The van der Waals surface area contributed by atoms with Gasteiger partial charge in [0, 0.05) is 13.1 Å². The summed E-state index contributed by atoms with van der Waals surface area (Å²) in [6, 6.07) is 0. The molecule has 1 unspecified atom stereocenters. The highest BCUT2D eigenvalue weighted by Gasteiger charge is 2.24. The Balaban J connectivity index is 3.72. The molecule has 2 N–H and O–H groups in total. The molecular weight excluding hydrogens is 397 g/mol. The third-order valence-electron chi connectivity index (χ3n) is 6.43. The fraction of sp³-hybridized carbons (Fsp3) is 1.00. The van der Waals surface area contributed by atoms with Crippen molar-refractivity contribution in [3.8, 4) is 0 Å². The molecule has 0 fully saturated rings. The monoisotopic (exact) mass is 457 g/mol. The largest absolute Gasteiger partial charge is 0.315 e. The molecule has 0 aromatic rings. The van der Waals surface area contributed by atoms with Crippen LogP contribution in [0.25, 0.3) is 0 Å². The topological polar surface area (TPSA) is 27.3 Å². The van der Waals surface area contributed by atoms with Gasteiger partial charge in [-0.05, 0) is 107 Å². The second-order valence-electron chi connectivity index (χ2n) is 12.8. The summed E-state index contributed by atoms with van der Waals surface area (Å²) < 4.78 is 0. The first-order chi connectivity index (χ1) is 14.2. The Morgan fingerprint density at radius 2 is 1.06 bits per heavy atom. The Kier molecular flexibility index (Phi) is 16.2. The molecule has 0 spiro atoms. The molecule has 0 aliphatic rings. The molecule has 0 aliphatic carbocycles. The van der Waals surface area contributed by atoms with Crippen LogP contribution in [0.1, 0.15) is 100 Å². The average molecular weight is 458 g/mol. The van der Waals surface area contributed by atoms with Crippen LogP contribution >= 0.6 is 7.92 Å². The maximum Gasteiger partial charge on any atom is 0.00767 e. The van der Waals surface area contributed by atoms with Gasteiger partial charge in [0.2, 0.25) is 0 Å². The summed E-state index contributed by atoms with van der Waals surface area (Å²) in [6.45, 7) is 28.6. The van der Waals surface area contributed by atoms with E-state index in [0.29, 0.717) is 16.0 Å². The van der Waals surface area contributed by atoms with Gasteiger partial charge in [-0.1, -0.05) is 55.4 Å². The minimum Gasteiger partial charge on any atom is -0.315 e. The van der Waals surface area contributed by atoms with Gasteiger partial charge in [-0.3, -0.25) is 0 Å². The molecule has 0 rings (SSSR count). The van der Waals surface area contributed by atoms with Crippen LogP contribution in [0.4, 0.5) is 0 Å². The van der Waals surface area contributed by atoms with Crippen molar-refractivity contribution in [2.75, 3.05) is 59.1 Å². The summed E-state index contributed by atoms with van der Waals surface area (Å²) in [5.41, 5.74) is 0.937. The van der Waals surface area contributed by atoms with E-state index in [1.807, 2.05) is 0 Å². The zero-order valence-corrected chi connectivity index (χ0v) is 24.2. The quantitative estimate of drug-likeness (QED) is 0.175. The van der Waals surface area contributed by atoms with Crippen molar-refractivity contribution in [1.82, 2.24) is 15.5 Å². The van der Waals surface area contributed by atoms with Gasteiger partial charge >= 0.3 is 0 Å². The van der Waals surface area contributed by atoms with Gasteiger partial charge in [0.25, 0.3) is 0 Å². The Bertz CT molecular complexity index is 423. The standard InChI is InChI=1S/C27H60N3P/c1-25(2,3)15-11-18-28-20-21-29-19-14-24-31(10)27(7,8)17-13-23-30(9)22-12-16-26(4,5)6/h28-29H,11-24H2,1-10H3. The molecular formula is C27H60N3P. The summed E-state index contributed by atoms with van der Waals surface area (Å²) in [5, 5.41) is 7.71. The highest BCUT2D eigenvalue weighted by Crippen LogP contribution is 2.49. The minimum atomic E-state index is 0.101. The minimum absolute atomic E-state index is 0.101. The molecule has 0 aromatic heterocycles. The Morgan fingerprint density at radius 3 is 1.58 bits per heavy atom. The van der Waals surface area contributed by atoms with Gasteiger partial charge in [-0.15, -0.1) is 7.92 Å². The number of hydrogen-bond acceptors (Lipinski definition) is 3. The van der Waals surface area contributed by atoms with Gasteiger partial charge in [0.05, 0.1) is 0 Å². The van der Waals surface area contributed by atoms with Gasteiger partial charge in [-0.25, -0.2) is 0 Å². The molecule has 0 saturated heterocycles. The molecule has 0 heterocycles. The average Bonchev–Trinajstić information content (AvgIpc) is 2.60. The molecule has 0 bridgehead atoms. The first-order valence-electron chi connectivity index (χ1n) is 13.0. The maximum atomic E-state index is 3.63. The fourth-order valence-corrected chi connectivity index (χ4v) is 5.66. The predicted octanol–water partition coefficient (Wildman–Crippen LogP) is 6.81. The lowest BCUT2D eigenvalue weighted by Gasteiger charge is -2.33. The molecule has 0 amide bonds. The molecule has 3 nitrogen and oxygen atoms in total. The van der Waals surface area contributed by atoms with E-state index in [1.54, 1.807) is 0 Å². The maximum absolute atomic E-state index is 3.63. The number of rotatable bonds is 18. The summed E-state index contributed by atoms with van der Waals surface area (Å²) >= 11 is 0. The molecule has 0 aromatic carbocycles. The van der Waals surface area contributed by atoms with Crippen LogP contribution in [0.3, 0.4) is 0 Å². The highest BCUT2D eigenvalue weighted by atomic mass is 31.1. The van der Waals surface area contributed by atoms with E-state index in [-0.39, 0.29) is 7.92 Å². The Labute approximate surface area is 199 Å². The van der Waals surface area contributed by atoms with Gasteiger partial charge in [0.1, 0.15) is 0 Å². The Hall–Kier alpha value is 0.310. The van der Waals surface area contributed by atoms with Crippen molar-refractivity contribution in [3.63, 3.8) is 0 Å². The van der Waals surface area contributed by atoms with E-state index < -0.39 is 0 Å². The molecule has 0 aliphatic heterocycles. The lowest BCUT2D eigenvalue weighted by molar-refractivity contribution is 0.281. The van der Waals surface area contributed by atoms with Crippen LogP contribution in [0, 0.1) is 10.8 Å². The van der Waals surface area contributed by atoms with Crippen molar-refractivity contribution in [2.24, 2.45) is 10.8 Å². The first kappa shape index (κ1) is 31.3. The molecule has 0 radical (unpaired) electrons. The van der Waals surface area contributed by atoms with E-state index in [4.69, 9.17) is 0 Å². The third kappa shape index (κ3) is 20.6. The van der Waals surface area contributed by atoms with Crippen molar-refractivity contribution in [2.45, 2.75) is 105 Å². The normalized spacial score (nSPS) is 14.4. The van der Waals surface area contributed by atoms with E-state index in [9.17, 15) is 0 Å². The van der Waals surface area contributed by atoms with Crippen LogP contribution in [0.5, 0.6) is 0 Å². The molecule has 0 saturated carbocycles. The summed E-state index contributed by atoms with van der Waals surface area (Å²) in [7, 11) is 2.40. The number of nitrogens with zero attached hydrogens (tertiary/aromatic N) is 1. The molecule has 1 atom stereocenters. The highest BCUT2D eigenvalue weighted by molar-refractivity contribution is 7.58. The molecule has 4 heteroatoms. The van der Waals surface area contributed by atoms with Gasteiger partial charge < -0.3 is 15.5 Å². The molecule has 31 heavy (non-hydrogen) atoms. The number of hydrogen-bond donors (Lipinski definition) is 2. The van der Waals surface area contributed by atoms with Gasteiger partial charge in [0.15, 0.2) is 0 Å². The van der Waals surface area contributed by atoms with Gasteiger partial charge in [-0.2, -0.15) is 0 Å². The summed E-state index contributed by atoms with van der Waals surface area (Å²) in [4.78, 5) is 2.54. The van der Waals surface area contributed by atoms with E-state index in [2.05, 4.69) is 84.6 Å². The lowest BCUT2D eigenvalue weighted by atomic mass is 9.90. The first-order valence-corrected chi connectivity index (χ1v) is 15.0. The smallest absolute Gasteiger partial charge is 0.00767 e. The van der Waals surface area contributed by atoms with E-state index in [1.165, 1.54) is 70.7 Å². The third-order valence-corrected chi connectivity index (χ3v) is 9.71. The molecule has 188 valence electrons. The van der Waals surface area contributed by atoms with Crippen LogP contribution in [-0.4, -0.2) is 69.2 Å². The van der Waals surface area contributed by atoms with Crippen molar-refractivity contribution < 1.29 is 0 Å². The lowest BCUT2D eigenvalue weighted by Crippen LogP contribution is -2.29. The van der Waals surface area contributed by atoms with Crippen molar-refractivity contribution >= 4 is 7.92 Å². The second-order valence-corrected chi connectivity index (χ2v) is 15.9. The van der Waals surface area contributed by atoms with Crippen LogP contribution < -0.4 is 10.6 Å². The van der Waals surface area contributed by atoms with Crippen LogP contribution in [0.2, 0.25) is 0 Å². The Morgan fingerprint density at radius 1 is 0.613 bits per heavy atom. The second kappa shape index (κ2) is 16.0. The van der Waals surface area contributed by atoms with Crippen LogP contribution in [-0.2, 0) is 0 Å². The zero-order valence-electron chi connectivity index (χ0n) is 23.3. The number of nitrogens with one attached hydrogen (secondary N) is 2. The fourth-order valence-electron chi connectivity index (χ4n) is 3.88. The van der Waals surface area contributed by atoms with E-state index in [0.717, 1.165) is 19.6 Å².